The quantitative estimate of drug-likeness (QED) is 0.165. The molecule has 370 valence electrons. The molecule has 0 aliphatic rings. The highest BCUT2D eigenvalue weighted by atomic mass is 31.1. The lowest BCUT2D eigenvalue weighted by Crippen LogP contribution is -2.11. The Morgan fingerprint density at radius 2 is 0.429 bits per heavy atom. The van der Waals surface area contributed by atoms with Crippen LogP contribution in [0, 0.1) is 166 Å². The number of rotatable bonds is 6. The lowest BCUT2D eigenvalue weighted by atomic mass is 9.80. The van der Waals surface area contributed by atoms with Crippen LogP contribution in [0.2, 0.25) is 0 Å². The normalized spacial score (nSPS) is 11.9. The molecule has 0 amide bonds. The Kier molecular flexibility index (Phi) is 13.2. The first-order valence-corrected chi connectivity index (χ1v) is 27.2. The average Bonchev–Trinajstić information content (AvgIpc) is 3.62. The number of benzene rings is 6. The lowest BCUT2D eigenvalue weighted by Gasteiger charge is -2.28. The maximum absolute atomic E-state index is 7.43. The molecule has 0 saturated heterocycles. The molecule has 0 atom stereocenters. The second-order valence-corrected chi connectivity index (χ2v) is 23.0. The SMILES string of the molecule is Cc1c(C)c(C)c(C(C)c2c(C)c(C)c(C)c(C)c2Op2oc3c(C)c(C)c(C)c(C)c3c3c(C)c(C)c(C)c(C)c3o2)c(Op2oc3c(C)c(C)c(C)c(C)c3c3c(C)c(C)c(C)c(C)c3o2)c1C. The lowest BCUT2D eigenvalue weighted by molar-refractivity contribution is 0.483. The van der Waals surface area contributed by atoms with Crippen LogP contribution in [0.5, 0.6) is 11.5 Å². The van der Waals surface area contributed by atoms with Gasteiger partial charge in [-0.2, -0.15) is 0 Å². The van der Waals surface area contributed by atoms with Gasteiger partial charge in [0.2, 0.25) is 0 Å². The smallest absolute Gasteiger partial charge is 0.390 e. The summed E-state index contributed by atoms with van der Waals surface area (Å²) in [4.78, 5) is 0. The standard InChI is InChI=1S/C62H76O6P2/c1-26-32(7)44(19)57(63-69-65-59-46(21)34(9)28(3)40(15)53(59)54-41(16)29(4)35(10)47(22)60(54)66-69)51(38(26)13)50(25)52-39(14)27(2)33(8)45(20)58(52)64-70-67-61-48(23)36(11)30(5)42(17)55(61)56-43(18)31(6)37(12)49(24)62(56)68-70/h50H,1-25H3. The zero-order valence-electron chi connectivity index (χ0n) is 46.9. The van der Waals surface area contributed by atoms with Crippen LogP contribution in [0.4, 0.5) is 0 Å². The minimum absolute atomic E-state index is 0.199. The summed E-state index contributed by atoms with van der Waals surface area (Å²) in [5, 5.41) is 4.38. The van der Waals surface area contributed by atoms with Gasteiger partial charge in [0.25, 0.3) is 0 Å². The molecule has 8 rings (SSSR count). The van der Waals surface area contributed by atoms with E-state index in [4.69, 9.17) is 25.8 Å². The third kappa shape index (κ3) is 7.48. The molecule has 70 heavy (non-hydrogen) atoms. The number of fused-ring (bicyclic) bond motifs is 6. The Morgan fingerprint density at radius 1 is 0.243 bits per heavy atom. The van der Waals surface area contributed by atoms with Crippen molar-refractivity contribution in [2.45, 2.75) is 179 Å². The molecular weight excluding hydrogens is 903 g/mol. The summed E-state index contributed by atoms with van der Waals surface area (Å²) in [7, 11) is -4.00. The van der Waals surface area contributed by atoms with Crippen molar-refractivity contribution in [3.8, 4) is 11.5 Å². The zero-order chi connectivity index (χ0) is 51.8. The van der Waals surface area contributed by atoms with Crippen LogP contribution in [-0.2, 0) is 0 Å². The van der Waals surface area contributed by atoms with Crippen LogP contribution >= 0.6 is 16.5 Å². The Balaban J connectivity index is 1.44. The van der Waals surface area contributed by atoms with Gasteiger partial charge in [0, 0.05) is 38.6 Å². The third-order valence-corrected chi connectivity index (χ3v) is 20.2. The van der Waals surface area contributed by atoms with Gasteiger partial charge in [-0.1, -0.05) is 6.92 Å². The second-order valence-electron chi connectivity index (χ2n) is 21.0. The van der Waals surface area contributed by atoms with Crippen molar-refractivity contribution >= 4 is 60.4 Å². The summed E-state index contributed by atoms with van der Waals surface area (Å²) in [6, 6.07) is 0. The first-order chi connectivity index (χ1) is 32.7. The molecule has 2 heterocycles. The molecule has 0 aliphatic heterocycles. The first kappa shape index (κ1) is 51.1. The van der Waals surface area contributed by atoms with Gasteiger partial charge in [-0.15, -0.1) is 0 Å². The van der Waals surface area contributed by atoms with E-state index >= 15 is 0 Å². The maximum atomic E-state index is 7.43. The summed E-state index contributed by atoms with van der Waals surface area (Å²) in [6.07, 6.45) is 0. The summed E-state index contributed by atoms with van der Waals surface area (Å²) in [5.74, 6) is 1.37. The van der Waals surface area contributed by atoms with Gasteiger partial charge in [0.15, 0.2) is 0 Å². The van der Waals surface area contributed by atoms with Crippen molar-refractivity contribution in [3.05, 3.63) is 145 Å². The molecule has 6 nitrogen and oxygen atoms in total. The van der Waals surface area contributed by atoms with E-state index in [0.29, 0.717) is 0 Å². The van der Waals surface area contributed by atoms with Crippen LogP contribution in [-0.4, -0.2) is 0 Å². The highest BCUT2D eigenvalue weighted by Crippen LogP contribution is 2.52. The Morgan fingerprint density at radius 3 is 0.657 bits per heavy atom. The van der Waals surface area contributed by atoms with Gasteiger partial charge in [-0.3, -0.25) is 0 Å². The average molecular weight is 979 g/mol. The van der Waals surface area contributed by atoms with E-state index in [1.807, 2.05) is 0 Å². The van der Waals surface area contributed by atoms with Gasteiger partial charge in [0.05, 0.1) is 0 Å². The summed E-state index contributed by atoms with van der Waals surface area (Å²) in [6.45, 7) is 55.2. The van der Waals surface area contributed by atoms with Crippen LogP contribution in [0.15, 0.2) is 16.8 Å². The minimum atomic E-state index is -2.00. The fraction of sp³-hybridized carbons (Fsp3) is 0.419. The molecule has 0 fully saturated rings. The van der Waals surface area contributed by atoms with E-state index in [1.165, 1.54) is 100 Å². The molecule has 2 aromatic heterocycles. The number of hydrogen-bond donors (Lipinski definition) is 0. The first-order valence-electron chi connectivity index (χ1n) is 25.0. The molecule has 0 bridgehead atoms. The second kappa shape index (κ2) is 18.1. The molecule has 8 aromatic rings. The van der Waals surface area contributed by atoms with Gasteiger partial charge in [-0.05, 0) is 300 Å². The highest BCUT2D eigenvalue weighted by molar-refractivity contribution is 7.32. The van der Waals surface area contributed by atoms with Crippen molar-refractivity contribution in [1.82, 2.24) is 0 Å². The van der Waals surface area contributed by atoms with Crippen LogP contribution < -0.4 is 9.05 Å². The van der Waals surface area contributed by atoms with Gasteiger partial charge >= 0.3 is 16.5 Å². The maximum Gasteiger partial charge on any atom is 0.453 e. The van der Waals surface area contributed by atoms with E-state index in [2.05, 4.69) is 173 Å². The van der Waals surface area contributed by atoms with E-state index in [0.717, 1.165) is 99.9 Å². The molecule has 0 radical (unpaired) electrons. The molecule has 0 spiro atoms. The topological polar surface area (TPSA) is 71.0 Å². The van der Waals surface area contributed by atoms with Crippen molar-refractivity contribution in [2.75, 3.05) is 0 Å². The Hall–Kier alpha value is -5.28. The Labute approximate surface area is 419 Å². The Bertz CT molecular complexity index is 3300. The third-order valence-electron chi connectivity index (χ3n) is 18.2. The highest BCUT2D eigenvalue weighted by Gasteiger charge is 2.31. The molecule has 8 heteroatoms. The van der Waals surface area contributed by atoms with E-state index in [-0.39, 0.29) is 5.92 Å². The zero-order valence-corrected chi connectivity index (χ0v) is 48.7. The van der Waals surface area contributed by atoms with E-state index in [9.17, 15) is 0 Å². The van der Waals surface area contributed by atoms with E-state index in [1.54, 1.807) is 0 Å². The molecule has 0 saturated carbocycles. The van der Waals surface area contributed by atoms with Crippen molar-refractivity contribution < 1.29 is 25.8 Å². The van der Waals surface area contributed by atoms with Crippen LogP contribution in [0.25, 0.3) is 43.9 Å². The van der Waals surface area contributed by atoms with Gasteiger partial charge in [0.1, 0.15) is 33.8 Å². The monoisotopic (exact) mass is 979 g/mol. The molecule has 6 aromatic carbocycles. The summed E-state index contributed by atoms with van der Waals surface area (Å²) in [5.41, 5.74) is 33.9. The fourth-order valence-electron chi connectivity index (χ4n) is 11.4. The number of aryl methyl sites for hydroxylation is 8. The predicted octanol–water partition coefficient (Wildman–Crippen LogP) is 20.1. The largest absolute Gasteiger partial charge is 0.453 e. The molecule has 0 N–H and O–H groups in total. The van der Waals surface area contributed by atoms with Crippen LogP contribution in [0.1, 0.15) is 157 Å². The van der Waals surface area contributed by atoms with Crippen molar-refractivity contribution in [3.63, 3.8) is 0 Å². The predicted molar refractivity (Wildman–Crippen MR) is 299 cm³/mol. The van der Waals surface area contributed by atoms with Crippen molar-refractivity contribution in [2.24, 2.45) is 0 Å². The van der Waals surface area contributed by atoms with Crippen LogP contribution in [0.3, 0.4) is 0 Å². The fourth-order valence-corrected chi connectivity index (χ4v) is 13.9. The summed E-state index contributed by atoms with van der Waals surface area (Å²) < 4.78 is 43.6. The summed E-state index contributed by atoms with van der Waals surface area (Å²) >= 11 is 0. The van der Waals surface area contributed by atoms with Gasteiger partial charge < -0.3 is 25.8 Å². The molecule has 0 aliphatic carbocycles. The number of hydrogen-bond acceptors (Lipinski definition) is 6. The van der Waals surface area contributed by atoms with E-state index < -0.39 is 16.5 Å². The van der Waals surface area contributed by atoms with Gasteiger partial charge in [-0.25, -0.2) is 0 Å². The van der Waals surface area contributed by atoms with Crippen molar-refractivity contribution in [1.29, 1.82) is 0 Å². The molecular formula is C62H76O6P2. The minimum Gasteiger partial charge on any atom is -0.390 e. The molecule has 0 unspecified atom stereocenters.